The number of ether oxygens (including phenoxy) is 3. The second kappa shape index (κ2) is 8.88. The first-order chi connectivity index (χ1) is 13.5. The van der Waals surface area contributed by atoms with Crippen molar-refractivity contribution < 1.29 is 19.0 Å². The Labute approximate surface area is 164 Å². The van der Waals surface area contributed by atoms with Gasteiger partial charge in [-0.2, -0.15) is 5.10 Å². The van der Waals surface area contributed by atoms with Gasteiger partial charge < -0.3 is 19.1 Å². The van der Waals surface area contributed by atoms with Gasteiger partial charge in [0.05, 0.1) is 46.2 Å². The highest BCUT2D eigenvalue weighted by Crippen LogP contribution is 2.23. The van der Waals surface area contributed by atoms with Crippen LogP contribution in [-0.2, 0) is 16.0 Å². The topological polar surface area (TPSA) is 78.2 Å². The Kier molecular flexibility index (Phi) is 6.30. The van der Waals surface area contributed by atoms with Crippen molar-refractivity contribution in [3.8, 4) is 5.75 Å². The summed E-state index contributed by atoms with van der Waals surface area (Å²) in [6.45, 7) is 6.54. The fourth-order valence-corrected chi connectivity index (χ4v) is 3.23. The zero-order chi connectivity index (χ0) is 20.1. The molecule has 0 N–H and O–H groups in total. The van der Waals surface area contributed by atoms with Crippen LogP contribution in [0.3, 0.4) is 0 Å². The summed E-state index contributed by atoms with van der Waals surface area (Å²) < 4.78 is 17.3. The number of morpholine rings is 1. The number of rotatable bonds is 5. The van der Waals surface area contributed by atoms with E-state index in [-0.39, 0.29) is 6.04 Å². The number of hydrogen-bond donors (Lipinski definition) is 0. The molecule has 8 heteroatoms. The molecule has 0 radical (unpaired) electrons. The molecule has 0 amide bonds. The molecule has 3 rings (SSSR count). The first-order valence-corrected chi connectivity index (χ1v) is 9.20. The van der Waals surface area contributed by atoms with Crippen molar-refractivity contribution in [1.82, 2.24) is 14.7 Å². The molecule has 1 aliphatic heterocycles. The summed E-state index contributed by atoms with van der Waals surface area (Å²) in [4.78, 5) is 19.3. The Morgan fingerprint density at radius 2 is 2.07 bits per heavy atom. The van der Waals surface area contributed by atoms with Gasteiger partial charge in [-0.05, 0) is 31.5 Å². The first kappa shape index (κ1) is 19.9. The molecular weight excluding hydrogens is 360 g/mol. The summed E-state index contributed by atoms with van der Waals surface area (Å²) in [5.74, 6) is 1.13. The lowest BCUT2D eigenvalue weighted by atomic mass is 10.2. The predicted molar refractivity (Wildman–Crippen MR) is 105 cm³/mol. The average Bonchev–Trinajstić information content (AvgIpc) is 3.10. The second-order valence-corrected chi connectivity index (χ2v) is 6.65. The summed E-state index contributed by atoms with van der Waals surface area (Å²) in [5.41, 5.74) is 1.82. The van der Waals surface area contributed by atoms with Gasteiger partial charge in [-0.3, -0.25) is 4.68 Å². The second-order valence-electron chi connectivity index (χ2n) is 6.65. The largest absolute Gasteiger partial charge is 0.497 e. The smallest absolute Gasteiger partial charge is 0.358 e. The summed E-state index contributed by atoms with van der Waals surface area (Å²) >= 11 is 0. The standard InChI is InChI=1S/C20H26N4O4/c1-14-13-28-10-9-23(14)15(2)22-18-11-21-24(19(18)20(25)27-4)12-16-5-7-17(26-3)8-6-16/h5-8,11,14H,9-10,12-13H2,1-4H3. The van der Waals surface area contributed by atoms with Gasteiger partial charge >= 0.3 is 5.97 Å². The van der Waals surface area contributed by atoms with Gasteiger partial charge in [-0.1, -0.05) is 12.1 Å². The Balaban J connectivity index is 1.89. The number of carbonyl (C=O) groups excluding carboxylic acids is 1. The molecule has 28 heavy (non-hydrogen) atoms. The molecule has 0 bridgehead atoms. The number of esters is 1. The molecule has 1 saturated heterocycles. The minimum absolute atomic E-state index is 0.230. The van der Waals surface area contributed by atoms with Crippen LogP contribution in [0, 0.1) is 0 Å². The zero-order valence-electron chi connectivity index (χ0n) is 16.7. The van der Waals surface area contributed by atoms with Crippen LogP contribution < -0.4 is 4.74 Å². The van der Waals surface area contributed by atoms with E-state index in [1.54, 1.807) is 18.0 Å². The highest BCUT2D eigenvalue weighted by molar-refractivity contribution is 5.95. The van der Waals surface area contributed by atoms with E-state index in [1.807, 2.05) is 31.2 Å². The molecule has 1 fully saturated rings. The van der Waals surface area contributed by atoms with Gasteiger partial charge in [0.25, 0.3) is 0 Å². The van der Waals surface area contributed by atoms with E-state index in [9.17, 15) is 4.79 Å². The average molecular weight is 386 g/mol. The Morgan fingerprint density at radius 1 is 1.32 bits per heavy atom. The van der Waals surface area contributed by atoms with Crippen molar-refractivity contribution >= 4 is 17.5 Å². The van der Waals surface area contributed by atoms with E-state index in [1.165, 1.54) is 7.11 Å². The minimum atomic E-state index is -0.465. The van der Waals surface area contributed by atoms with Crippen molar-refractivity contribution in [2.45, 2.75) is 26.4 Å². The van der Waals surface area contributed by atoms with Crippen LogP contribution in [0.4, 0.5) is 5.69 Å². The van der Waals surface area contributed by atoms with Crippen molar-refractivity contribution in [2.75, 3.05) is 34.0 Å². The van der Waals surface area contributed by atoms with Crippen molar-refractivity contribution in [3.63, 3.8) is 0 Å². The molecular formula is C20H26N4O4. The lowest BCUT2D eigenvalue weighted by molar-refractivity contribution is 0.0330. The summed E-state index contributed by atoms with van der Waals surface area (Å²) in [6.07, 6.45) is 1.60. The molecule has 0 spiro atoms. The fraction of sp³-hybridized carbons (Fsp3) is 0.450. The molecule has 2 heterocycles. The number of aromatic nitrogens is 2. The molecule has 0 aliphatic carbocycles. The number of amidine groups is 1. The summed E-state index contributed by atoms with van der Waals surface area (Å²) in [7, 11) is 2.98. The molecule has 2 aromatic rings. The first-order valence-electron chi connectivity index (χ1n) is 9.20. The monoisotopic (exact) mass is 386 g/mol. The number of methoxy groups -OCH3 is 2. The van der Waals surface area contributed by atoms with Gasteiger partial charge in [0.2, 0.25) is 0 Å². The normalized spacial score (nSPS) is 17.5. The molecule has 0 saturated carbocycles. The van der Waals surface area contributed by atoms with Gasteiger partial charge in [0.15, 0.2) is 5.69 Å². The van der Waals surface area contributed by atoms with Crippen molar-refractivity contribution in [2.24, 2.45) is 4.99 Å². The van der Waals surface area contributed by atoms with Crippen LogP contribution in [0.1, 0.15) is 29.9 Å². The van der Waals surface area contributed by atoms with Crippen LogP contribution >= 0.6 is 0 Å². The fourth-order valence-electron chi connectivity index (χ4n) is 3.23. The molecule has 1 atom stereocenters. The van der Waals surface area contributed by atoms with E-state index in [2.05, 4.69) is 21.9 Å². The van der Waals surface area contributed by atoms with E-state index in [0.29, 0.717) is 31.1 Å². The van der Waals surface area contributed by atoms with Gasteiger partial charge in [0, 0.05) is 6.54 Å². The number of nitrogens with zero attached hydrogens (tertiary/aromatic N) is 4. The van der Waals surface area contributed by atoms with Crippen molar-refractivity contribution in [3.05, 3.63) is 41.7 Å². The molecule has 1 unspecified atom stereocenters. The molecule has 1 aromatic heterocycles. The third-order valence-corrected chi connectivity index (χ3v) is 4.76. The van der Waals surface area contributed by atoms with Crippen LogP contribution in [-0.4, -0.2) is 66.5 Å². The minimum Gasteiger partial charge on any atom is -0.497 e. The molecule has 150 valence electrons. The van der Waals surface area contributed by atoms with E-state index in [0.717, 1.165) is 23.7 Å². The number of aliphatic imine (C=N–C) groups is 1. The van der Waals surface area contributed by atoms with Gasteiger partial charge in [0.1, 0.15) is 17.3 Å². The van der Waals surface area contributed by atoms with E-state index < -0.39 is 5.97 Å². The third kappa shape index (κ3) is 4.33. The van der Waals surface area contributed by atoms with E-state index in [4.69, 9.17) is 14.2 Å². The number of carbonyl (C=O) groups is 1. The molecule has 1 aliphatic rings. The third-order valence-electron chi connectivity index (χ3n) is 4.76. The predicted octanol–water partition coefficient (Wildman–Crippen LogP) is 2.50. The van der Waals surface area contributed by atoms with Crippen LogP contribution in [0.25, 0.3) is 0 Å². The SMILES string of the molecule is COC(=O)c1c(N=C(C)N2CCOCC2C)cnn1Cc1ccc(OC)cc1. The van der Waals surface area contributed by atoms with E-state index >= 15 is 0 Å². The summed E-state index contributed by atoms with van der Waals surface area (Å²) in [6, 6.07) is 7.85. The maximum Gasteiger partial charge on any atom is 0.358 e. The van der Waals surface area contributed by atoms with Gasteiger partial charge in [-0.15, -0.1) is 0 Å². The Bertz CT molecular complexity index is 844. The maximum atomic E-state index is 12.4. The highest BCUT2D eigenvalue weighted by Gasteiger charge is 2.23. The summed E-state index contributed by atoms with van der Waals surface area (Å²) in [5, 5.41) is 4.37. The molecule has 8 nitrogen and oxygen atoms in total. The lowest BCUT2D eigenvalue weighted by Gasteiger charge is -2.34. The maximum absolute atomic E-state index is 12.4. The lowest BCUT2D eigenvalue weighted by Crippen LogP contribution is -2.46. The van der Waals surface area contributed by atoms with Crippen molar-refractivity contribution in [1.29, 1.82) is 0 Å². The Morgan fingerprint density at radius 3 is 2.71 bits per heavy atom. The van der Waals surface area contributed by atoms with Crippen LogP contribution in [0.5, 0.6) is 5.75 Å². The quantitative estimate of drug-likeness (QED) is 0.446. The molecule has 1 aromatic carbocycles. The van der Waals surface area contributed by atoms with Gasteiger partial charge in [-0.25, -0.2) is 9.79 Å². The number of hydrogen-bond acceptors (Lipinski definition) is 6. The van der Waals surface area contributed by atoms with Crippen LogP contribution in [0.15, 0.2) is 35.5 Å². The Hall–Kier alpha value is -2.87. The zero-order valence-corrected chi connectivity index (χ0v) is 16.7. The highest BCUT2D eigenvalue weighted by atomic mass is 16.5. The number of benzene rings is 1. The van der Waals surface area contributed by atoms with Crippen LogP contribution in [0.2, 0.25) is 0 Å².